The van der Waals surface area contributed by atoms with Crippen LogP contribution in [-0.2, 0) is 0 Å². The second kappa shape index (κ2) is 5.26. The van der Waals surface area contributed by atoms with Gasteiger partial charge in [0.1, 0.15) is 5.75 Å². The fraction of sp³-hybridized carbons (Fsp3) is 0.286. The van der Waals surface area contributed by atoms with E-state index in [1.54, 1.807) is 11.8 Å². The first-order valence-corrected chi connectivity index (χ1v) is 6.37. The summed E-state index contributed by atoms with van der Waals surface area (Å²) in [5.41, 5.74) is 0. The van der Waals surface area contributed by atoms with Crippen molar-refractivity contribution in [2.24, 2.45) is 0 Å². The van der Waals surface area contributed by atoms with Gasteiger partial charge in [-0.1, -0.05) is 42.1 Å². The van der Waals surface area contributed by atoms with E-state index in [9.17, 15) is 0 Å². The highest BCUT2D eigenvalue weighted by atomic mass is 32.2. The molecule has 84 valence electrons. The van der Waals surface area contributed by atoms with Crippen molar-refractivity contribution in [2.75, 3.05) is 0 Å². The number of thioether (sulfide) groups is 1. The Labute approximate surface area is 101 Å². The zero-order chi connectivity index (χ0) is 11.4. The molecule has 0 saturated carbocycles. The standard InChI is InChI=1S/C14H16OS/c1-11(2)15-13-9-5-6-10-14(13)16-12-7-3-4-8-12/h3,5-11H,4H2,1-2H3. The number of hydrogen-bond acceptors (Lipinski definition) is 2. The summed E-state index contributed by atoms with van der Waals surface area (Å²) in [5.74, 6) is 0.976. The predicted molar refractivity (Wildman–Crippen MR) is 69.9 cm³/mol. The SMILES string of the molecule is CC(C)Oc1ccccc1SC1=CCC=C1. The molecule has 0 fully saturated rings. The van der Waals surface area contributed by atoms with E-state index in [0.29, 0.717) is 0 Å². The van der Waals surface area contributed by atoms with Gasteiger partial charge in [-0.05, 0) is 32.4 Å². The zero-order valence-electron chi connectivity index (χ0n) is 9.64. The largest absolute Gasteiger partial charge is 0.490 e. The highest BCUT2D eigenvalue weighted by Gasteiger charge is 2.08. The van der Waals surface area contributed by atoms with Gasteiger partial charge in [0.15, 0.2) is 0 Å². The average molecular weight is 232 g/mol. The highest BCUT2D eigenvalue weighted by Crippen LogP contribution is 2.36. The molecule has 0 heterocycles. The van der Waals surface area contributed by atoms with E-state index >= 15 is 0 Å². The Morgan fingerprint density at radius 3 is 2.75 bits per heavy atom. The average Bonchev–Trinajstić information content (AvgIpc) is 2.73. The molecule has 0 atom stereocenters. The molecule has 0 unspecified atom stereocenters. The molecule has 1 aliphatic carbocycles. The van der Waals surface area contributed by atoms with E-state index in [1.165, 1.54) is 9.80 Å². The summed E-state index contributed by atoms with van der Waals surface area (Å²) >= 11 is 1.77. The molecule has 0 spiro atoms. The van der Waals surface area contributed by atoms with Gasteiger partial charge in [-0.2, -0.15) is 0 Å². The Balaban J connectivity index is 2.15. The Hall–Kier alpha value is -1.15. The van der Waals surface area contributed by atoms with Crippen LogP contribution in [0.1, 0.15) is 20.3 Å². The Kier molecular flexibility index (Phi) is 3.73. The van der Waals surface area contributed by atoms with Crippen molar-refractivity contribution < 1.29 is 4.74 Å². The van der Waals surface area contributed by atoms with Crippen LogP contribution in [0.5, 0.6) is 5.75 Å². The first-order valence-electron chi connectivity index (χ1n) is 5.56. The van der Waals surface area contributed by atoms with E-state index in [2.05, 4.69) is 44.2 Å². The van der Waals surface area contributed by atoms with Crippen LogP contribution in [0.25, 0.3) is 0 Å². The molecular formula is C14H16OS. The molecule has 0 aromatic heterocycles. The van der Waals surface area contributed by atoms with Crippen molar-refractivity contribution in [1.29, 1.82) is 0 Å². The van der Waals surface area contributed by atoms with Gasteiger partial charge in [0.2, 0.25) is 0 Å². The van der Waals surface area contributed by atoms with Gasteiger partial charge < -0.3 is 4.74 Å². The van der Waals surface area contributed by atoms with Crippen LogP contribution >= 0.6 is 11.8 Å². The van der Waals surface area contributed by atoms with Crippen LogP contribution in [0.4, 0.5) is 0 Å². The van der Waals surface area contributed by atoms with Gasteiger partial charge >= 0.3 is 0 Å². The Morgan fingerprint density at radius 2 is 2.06 bits per heavy atom. The minimum Gasteiger partial charge on any atom is -0.490 e. The van der Waals surface area contributed by atoms with Crippen molar-refractivity contribution in [3.05, 3.63) is 47.4 Å². The third-order valence-electron chi connectivity index (χ3n) is 2.18. The van der Waals surface area contributed by atoms with Crippen LogP contribution < -0.4 is 4.74 Å². The van der Waals surface area contributed by atoms with Gasteiger partial charge in [-0.3, -0.25) is 0 Å². The Morgan fingerprint density at radius 1 is 1.25 bits per heavy atom. The number of hydrogen-bond donors (Lipinski definition) is 0. The molecule has 2 rings (SSSR count). The van der Waals surface area contributed by atoms with Crippen LogP contribution in [-0.4, -0.2) is 6.10 Å². The van der Waals surface area contributed by atoms with Crippen molar-refractivity contribution in [1.82, 2.24) is 0 Å². The maximum absolute atomic E-state index is 5.78. The lowest BCUT2D eigenvalue weighted by Crippen LogP contribution is -2.06. The second-order valence-electron chi connectivity index (χ2n) is 3.96. The number of allylic oxidation sites excluding steroid dienone is 3. The molecule has 0 aliphatic heterocycles. The molecule has 1 nitrogen and oxygen atoms in total. The first-order chi connectivity index (χ1) is 7.75. The topological polar surface area (TPSA) is 9.23 Å². The molecule has 0 amide bonds. The lowest BCUT2D eigenvalue weighted by atomic mass is 10.3. The maximum Gasteiger partial charge on any atom is 0.133 e. The summed E-state index contributed by atoms with van der Waals surface area (Å²) < 4.78 is 5.78. The van der Waals surface area contributed by atoms with Crippen molar-refractivity contribution in [3.8, 4) is 5.75 Å². The molecule has 2 heteroatoms. The number of ether oxygens (including phenoxy) is 1. The monoisotopic (exact) mass is 232 g/mol. The summed E-state index contributed by atoms with van der Waals surface area (Å²) in [6.45, 7) is 4.10. The zero-order valence-corrected chi connectivity index (χ0v) is 10.5. The van der Waals surface area contributed by atoms with Gasteiger partial charge in [0.05, 0.1) is 11.0 Å². The molecule has 16 heavy (non-hydrogen) atoms. The smallest absolute Gasteiger partial charge is 0.133 e. The fourth-order valence-electron chi connectivity index (χ4n) is 1.52. The lowest BCUT2D eigenvalue weighted by Gasteiger charge is -2.13. The molecular weight excluding hydrogens is 216 g/mol. The van der Waals surface area contributed by atoms with Crippen molar-refractivity contribution in [3.63, 3.8) is 0 Å². The first kappa shape index (κ1) is 11.3. The molecule has 0 N–H and O–H groups in total. The quantitative estimate of drug-likeness (QED) is 0.760. The van der Waals surface area contributed by atoms with Gasteiger partial charge in [0, 0.05) is 4.91 Å². The van der Waals surface area contributed by atoms with Crippen molar-refractivity contribution in [2.45, 2.75) is 31.3 Å². The number of rotatable bonds is 4. The van der Waals surface area contributed by atoms with E-state index in [1.807, 2.05) is 12.1 Å². The van der Waals surface area contributed by atoms with E-state index < -0.39 is 0 Å². The van der Waals surface area contributed by atoms with E-state index in [-0.39, 0.29) is 6.10 Å². The maximum atomic E-state index is 5.78. The minimum atomic E-state index is 0.217. The summed E-state index contributed by atoms with van der Waals surface area (Å²) in [6, 6.07) is 8.20. The number of para-hydroxylation sites is 1. The lowest BCUT2D eigenvalue weighted by molar-refractivity contribution is 0.236. The number of benzene rings is 1. The minimum absolute atomic E-state index is 0.217. The van der Waals surface area contributed by atoms with Gasteiger partial charge in [-0.15, -0.1) is 0 Å². The predicted octanol–water partition coefficient (Wildman–Crippen LogP) is 4.41. The molecule has 0 radical (unpaired) electrons. The molecule has 1 aromatic carbocycles. The summed E-state index contributed by atoms with van der Waals surface area (Å²) in [7, 11) is 0. The summed E-state index contributed by atoms with van der Waals surface area (Å²) in [6.07, 6.45) is 7.84. The normalized spacial score (nSPS) is 14.3. The van der Waals surface area contributed by atoms with Crippen LogP contribution in [0.3, 0.4) is 0 Å². The van der Waals surface area contributed by atoms with Crippen molar-refractivity contribution >= 4 is 11.8 Å². The van der Waals surface area contributed by atoms with Crippen LogP contribution in [0.2, 0.25) is 0 Å². The van der Waals surface area contributed by atoms with E-state index in [0.717, 1.165) is 12.2 Å². The van der Waals surface area contributed by atoms with Gasteiger partial charge in [-0.25, -0.2) is 0 Å². The van der Waals surface area contributed by atoms with Crippen LogP contribution in [0, 0.1) is 0 Å². The molecule has 0 saturated heterocycles. The third-order valence-corrected chi connectivity index (χ3v) is 3.27. The highest BCUT2D eigenvalue weighted by molar-refractivity contribution is 8.03. The summed E-state index contributed by atoms with van der Waals surface area (Å²) in [4.78, 5) is 2.49. The van der Waals surface area contributed by atoms with Crippen LogP contribution in [0.15, 0.2) is 52.3 Å². The molecule has 0 bridgehead atoms. The molecule has 1 aromatic rings. The Bertz CT molecular complexity index is 418. The van der Waals surface area contributed by atoms with E-state index in [4.69, 9.17) is 4.74 Å². The van der Waals surface area contributed by atoms with Gasteiger partial charge in [0.25, 0.3) is 0 Å². The fourth-order valence-corrected chi connectivity index (χ4v) is 2.49. The summed E-state index contributed by atoms with van der Waals surface area (Å²) in [5, 5.41) is 0. The second-order valence-corrected chi connectivity index (χ2v) is 5.08. The molecule has 1 aliphatic rings. The third kappa shape index (κ3) is 2.92.